The molecule has 0 aromatic rings. The van der Waals surface area contributed by atoms with Crippen LogP contribution in [0.5, 0.6) is 0 Å². The summed E-state index contributed by atoms with van der Waals surface area (Å²) in [7, 11) is 0. The first-order valence-electron chi connectivity index (χ1n) is 9.34. The van der Waals surface area contributed by atoms with Crippen LogP contribution in [0.2, 0.25) is 0 Å². The Morgan fingerprint density at radius 3 is 1.07 bits per heavy atom. The molecule has 2 N–H and O–H groups in total. The van der Waals surface area contributed by atoms with Gasteiger partial charge in [-0.05, 0) is 11.8 Å². The van der Waals surface area contributed by atoms with Crippen molar-refractivity contribution in [2.24, 2.45) is 22.7 Å². The maximum absolute atomic E-state index is 11.3. The molecular weight excluding hydrogens is 392 g/mol. The minimum atomic E-state index is -0.327. The first kappa shape index (κ1) is 30.7. The van der Waals surface area contributed by atoms with Crippen molar-refractivity contribution in [3.63, 3.8) is 0 Å². The third-order valence-corrected chi connectivity index (χ3v) is 3.35. The number of allylic oxidation sites excluding steroid dienone is 4. The summed E-state index contributed by atoms with van der Waals surface area (Å²) in [4.78, 5) is 22.5. The second-order valence-electron chi connectivity index (χ2n) is 9.69. The molecule has 0 saturated heterocycles. The number of aliphatic hydroxyl groups excluding tert-OH is 2. The van der Waals surface area contributed by atoms with Crippen LogP contribution in [0.25, 0.3) is 0 Å². The zero-order valence-electron chi connectivity index (χ0n) is 18.7. The molecule has 0 aliphatic heterocycles. The van der Waals surface area contributed by atoms with Gasteiger partial charge in [0.05, 0.1) is 0 Å². The van der Waals surface area contributed by atoms with E-state index in [-0.39, 0.29) is 51.0 Å². The van der Waals surface area contributed by atoms with E-state index in [0.717, 1.165) is 0 Å². The first-order chi connectivity index (χ1) is 11.5. The van der Waals surface area contributed by atoms with Crippen molar-refractivity contribution < 1.29 is 36.9 Å². The van der Waals surface area contributed by atoms with Crippen molar-refractivity contribution in [3.05, 3.63) is 23.7 Å². The molecule has 0 aromatic heterocycles. The smallest absolute Gasteiger partial charge is 0.159 e. The molecule has 0 atom stereocenters. The number of carbonyl (C=O) groups excluding carboxylic acids is 2. The Balaban J connectivity index is -0.000000411. The van der Waals surface area contributed by atoms with Crippen molar-refractivity contribution in [2.75, 3.05) is 0 Å². The third kappa shape index (κ3) is 18.1. The fraction of sp³-hybridized carbons (Fsp3) is 0.727. The van der Waals surface area contributed by atoms with Gasteiger partial charge in [0, 0.05) is 52.9 Å². The number of aliphatic hydroxyl groups is 2. The van der Waals surface area contributed by atoms with E-state index in [0.29, 0.717) is 24.7 Å². The number of carbonyl (C=O) groups is 2. The molecule has 0 aliphatic carbocycles. The van der Waals surface area contributed by atoms with Gasteiger partial charge in [-0.25, -0.2) is 0 Å². The normalized spacial score (nSPS) is 13.0. The quantitative estimate of drug-likeness (QED) is 0.299. The van der Waals surface area contributed by atoms with E-state index in [1.54, 1.807) is 0 Å². The molecule has 0 fully saturated rings. The van der Waals surface area contributed by atoms with Crippen LogP contribution < -0.4 is 0 Å². The summed E-state index contributed by atoms with van der Waals surface area (Å²) < 4.78 is 0. The molecule has 163 valence electrons. The van der Waals surface area contributed by atoms with Crippen molar-refractivity contribution >= 4 is 11.6 Å². The summed E-state index contributed by atoms with van der Waals surface area (Å²) >= 11 is 0. The third-order valence-electron chi connectivity index (χ3n) is 3.35. The molecule has 0 aromatic carbocycles. The molecule has 0 bridgehead atoms. The van der Waals surface area contributed by atoms with E-state index < -0.39 is 0 Å². The topological polar surface area (TPSA) is 74.6 Å². The van der Waals surface area contributed by atoms with Crippen molar-refractivity contribution in [1.82, 2.24) is 0 Å². The molecule has 0 saturated carbocycles. The van der Waals surface area contributed by atoms with Crippen molar-refractivity contribution in [3.8, 4) is 0 Å². The molecule has 5 heteroatoms. The molecule has 0 spiro atoms. The maximum Gasteiger partial charge on any atom is 0.159 e. The summed E-state index contributed by atoms with van der Waals surface area (Å²) in [6.45, 7) is 19.2. The predicted octanol–water partition coefficient (Wildman–Crippen LogP) is 6.18. The fourth-order valence-electron chi connectivity index (χ4n) is 1.66. The van der Waals surface area contributed by atoms with E-state index >= 15 is 0 Å². The molecule has 0 unspecified atom stereocenters. The maximum atomic E-state index is 11.3. The van der Waals surface area contributed by atoms with Crippen LogP contribution in [0.3, 0.4) is 0 Å². The van der Waals surface area contributed by atoms with Crippen molar-refractivity contribution in [2.45, 2.75) is 82.1 Å². The van der Waals surface area contributed by atoms with E-state index in [2.05, 4.69) is 0 Å². The molecule has 0 rings (SSSR count). The molecule has 4 nitrogen and oxygen atoms in total. The van der Waals surface area contributed by atoms with Crippen LogP contribution in [-0.2, 0) is 26.7 Å². The van der Waals surface area contributed by atoms with E-state index in [1.807, 2.05) is 69.2 Å². The Morgan fingerprint density at radius 1 is 0.704 bits per heavy atom. The monoisotopic (exact) mass is 431 g/mol. The summed E-state index contributed by atoms with van der Waals surface area (Å²) in [5, 5.41) is 19.0. The van der Waals surface area contributed by atoms with E-state index in [9.17, 15) is 19.8 Å². The molecule has 0 heterocycles. The van der Waals surface area contributed by atoms with Crippen LogP contribution in [0.4, 0.5) is 0 Å². The van der Waals surface area contributed by atoms with Gasteiger partial charge in [-0.2, -0.15) is 0 Å². The van der Waals surface area contributed by atoms with Gasteiger partial charge in [0.15, 0.2) is 11.6 Å². The molecule has 1 radical (unpaired) electrons. The SMILES string of the molecule is CC(C)CC(=O)/C=C(\O)C(C)(C)C.CC(C)CC(=O)/C=C(\O)C(C)(C)C.[Cu]. The van der Waals surface area contributed by atoms with Gasteiger partial charge in [0.1, 0.15) is 11.5 Å². The van der Waals surface area contributed by atoms with E-state index in [4.69, 9.17) is 0 Å². The average molecular weight is 432 g/mol. The number of hydrogen-bond acceptors (Lipinski definition) is 4. The largest absolute Gasteiger partial charge is 0.512 e. The van der Waals surface area contributed by atoms with Gasteiger partial charge in [0.25, 0.3) is 0 Å². The minimum absolute atomic E-state index is 0. The molecular formula is C22H40CuO4. The molecule has 0 amide bonds. The zero-order chi connectivity index (χ0) is 21.3. The number of hydrogen-bond donors (Lipinski definition) is 2. The van der Waals surface area contributed by atoms with Crippen LogP contribution in [0, 0.1) is 22.7 Å². The summed E-state index contributed by atoms with van der Waals surface area (Å²) in [5.74, 6) is 1.02. The van der Waals surface area contributed by atoms with Crippen LogP contribution in [0.15, 0.2) is 23.7 Å². The zero-order valence-corrected chi connectivity index (χ0v) is 19.7. The Kier molecular flexibility index (Phi) is 15.0. The number of ketones is 2. The Labute approximate surface area is 177 Å². The summed E-state index contributed by atoms with van der Waals surface area (Å²) in [5.41, 5.74) is -0.653. The van der Waals surface area contributed by atoms with Crippen molar-refractivity contribution in [1.29, 1.82) is 0 Å². The Bertz CT molecular complexity index is 467. The predicted molar refractivity (Wildman–Crippen MR) is 109 cm³/mol. The Hall–Kier alpha value is -1.06. The van der Waals surface area contributed by atoms with Crippen LogP contribution in [0.1, 0.15) is 82.1 Å². The van der Waals surface area contributed by atoms with Gasteiger partial charge < -0.3 is 10.2 Å². The second kappa shape index (κ2) is 13.2. The standard InChI is InChI=1S/2C11H20O2.Cu/c2*1-8(2)6-9(12)7-10(13)11(3,4)5;/h2*7-8,13H,6H2,1-5H3;/b2*10-7-;. The summed E-state index contributed by atoms with van der Waals surface area (Å²) in [6, 6.07) is 0. The minimum Gasteiger partial charge on any atom is -0.512 e. The van der Waals surface area contributed by atoms with E-state index in [1.165, 1.54) is 12.2 Å². The Morgan fingerprint density at radius 2 is 0.926 bits per heavy atom. The molecule has 27 heavy (non-hydrogen) atoms. The fourth-order valence-corrected chi connectivity index (χ4v) is 1.66. The summed E-state index contributed by atoms with van der Waals surface area (Å²) in [6.07, 6.45) is 3.69. The first-order valence-corrected chi connectivity index (χ1v) is 9.34. The average Bonchev–Trinajstić information content (AvgIpc) is 2.34. The van der Waals surface area contributed by atoms with Gasteiger partial charge in [-0.15, -0.1) is 0 Å². The van der Waals surface area contributed by atoms with Crippen LogP contribution >= 0.6 is 0 Å². The van der Waals surface area contributed by atoms with Gasteiger partial charge in [-0.1, -0.05) is 69.2 Å². The van der Waals surface area contributed by atoms with Gasteiger partial charge in [-0.3, -0.25) is 9.59 Å². The second-order valence-corrected chi connectivity index (χ2v) is 9.69. The van der Waals surface area contributed by atoms with Gasteiger partial charge in [0.2, 0.25) is 0 Å². The van der Waals surface area contributed by atoms with Gasteiger partial charge >= 0.3 is 0 Å². The molecule has 0 aliphatic rings. The van der Waals surface area contributed by atoms with Crippen LogP contribution in [-0.4, -0.2) is 21.8 Å². The number of rotatable bonds is 6.